The molecule has 2 fully saturated rings. The van der Waals surface area contributed by atoms with Crippen LogP contribution in [0.3, 0.4) is 0 Å². The van der Waals surface area contributed by atoms with Gasteiger partial charge in [-0.2, -0.15) is 0 Å². The molecule has 0 aliphatic carbocycles. The second-order valence-electron chi connectivity index (χ2n) is 25.0. The predicted octanol–water partition coefficient (Wildman–Crippen LogP) is 14.3. The Labute approximate surface area is 518 Å². The maximum atomic E-state index is 13.3. The second-order valence-corrected chi connectivity index (χ2v) is 25.0. The first-order chi connectivity index (χ1) is 41.6. The smallest absolute Gasteiger partial charge is 0.220 e. The van der Waals surface area contributed by atoms with Crippen LogP contribution in [0.1, 0.15) is 303 Å². The van der Waals surface area contributed by atoms with Crippen molar-refractivity contribution in [1.82, 2.24) is 5.32 Å². The summed E-state index contributed by atoms with van der Waals surface area (Å²) in [6, 6.07) is -0.840. The fraction of sp³-hybridized carbons (Fsp3) is 0.873. The lowest BCUT2D eigenvalue weighted by molar-refractivity contribution is -0.359. The van der Waals surface area contributed by atoms with Gasteiger partial charge in [0.05, 0.1) is 32.0 Å². The van der Waals surface area contributed by atoms with Gasteiger partial charge in [-0.3, -0.25) is 4.79 Å². The second kappa shape index (κ2) is 56.0. The van der Waals surface area contributed by atoms with E-state index in [4.69, 9.17) is 18.9 Å². The van der Waals surface area contributed by atoms with Crippen molar-refractivity contribution >= 4 is 5.91 Å². The van der Waals surface area contributed by atoms with Crippen LogP contribution in [-0.2, 0) is 23.7 Å². The largest absolute Gasteiger partial charge is 0.394 e. The SMILES string of the molecule is CC/C=C\C/C=C\C/C=C\C/C=C\CCCCCCCCC(=O)NC(COC1OC(CO)C(OC2OC(CO)C(O)C(O)C2O)C(O)C1O)C(O)CCCCCCCCCCCCCCCCCCCCCCCCCCCCCCCCCC. The molecule has 498 valence electrons. The lowest BCUT2D eigenvalue weighted by Gasteiger charge is -2.46. The third-order valence-corrected chi connectivity index (χ3v) is 17.3. The molecule has 2 heterocycles. The zero-order valence-corrected chi connectivity index (χ0v) is 54.1. The number of carbonyl (C=O) groups excluding carboxylic acids is 1. The van der Waals surface area contributed by atoms with Crippen molar-refractivity contribution < 1.29 is 64.6 Å². The minimum absolute atomic E-state index is 0.218. The molecule has 0 aromatic heterocycles. The van der Waals surface area contributed by atoms with Crippen molar-refractivity contribution in [3.8, 4) is 0 Å². The number of nitrogens with one attached hydrogen (secondary N) is 1. The van der Waals surface area contributed by atoms with Gasteiger partial charge in [0.15, 0.2) is 12.6 Å². The van der Waals surface area contributed by atoms with Crippen molar-refractivity contribution in [3.63, 3.8) is 0 Å². The molecule has 12 atom stereocenters. The van der Waals surface area contributed by atoms with Gasteiger partial charge in [0.25, 0.3) is 0 Å². The van der Waals surface area contributed by atoms with Gasteiger partial charge in [-0.1, -0.05) is 294 Å². The van der Waals surface area contributed by atoms with Crippen LogP contribution in [0.15, 0.2) is 48.6 Å². The average molecular weight is 1210 g/mol. The van der Waals surface area contributed by atoms with Gasteiger partial charge >= 0.3 is 0 Å². The highest BCUT2D eigenvalue weighted by Crippen LogP contribution is 2.30. The first kappa shape index (κ1) is 79.0. The molecule has 85 heavy (non-hydrogen) atoms. The van der Waals surface area contributed by atoms with Gasteiger partial charge < -0.3 is 65.1 Å². The molecule has 2 saturated heterocycles. The summed E-state index contributed by atoms with van der Waals surface area (Å²) >= 11 is 0. The number of allylic oxidation sites excluding steroid dienone is 8. The van der Waals surface area contributed by atoms with E-state index in [9.17, 15) is 45.6 Å². The van der Waals surface area contributed by atoms with Gasteiger partial charge in [0.1, 0.15) is 48.8 Å². The van der Waals surface area contributed by atoms with Gasteiger partial charge in [-0.05, 0) is 51.4 Å². The van der Waals surface area contributed by atoms with Gasteiger partial charge in [-0.25, -0.2) is 0 Å². The van der Waals surface area contributed by atoms with Crippen LogP contribution in [0, 0.1) is 0 Å². The molecule has 0 radical (unpaired) electrons. The van der Waals surface area contributed by atoms with E-state index in [2.05, 4.69) is 67.8 Å². The van der Waals surface area contributed by atoms with E-state index >= 15 is 0 Å². The molecule has 0 saturated carbocycles. The molecule has 1 amide bonds. The fourth-order valence-electron chi connectivity index (χ4n) is 11.7. The van der Waals surface area contributed by atoms with E-state index in [-0.39, 0.29) is 18.9 Å². The summed E-state index contributed by atoms with van der Waals surface area (Å²) in [5, 5.41) is 87.6. The average Bonchev–Trinajstić information content (AvgIpc) is 3.69. The highest BCUT2D eigenvalue weighted by atomic mass is 16.7. The van der Waals surface area contributed by atoms with Gasteiger partial charge in [0.2, 0.25) is 5.91 Å². The summed E-state index contributed by atoms with van der Waals surface area (Å²) in [6.45, 7) is 2.77. The summed E-state index contributed by atoms with van der Waals surface area (Å²) in [4.78, 5) is 13.3. The summed E-state index contributed by atoms with van der Waals surface area (Å²) in [5.74, 6) is -0.218. The lowest BCUT2D eigenvalue weighted by atomic mass is 9.97. The molecular weight excluding hydrogens is 1070 g/mol. The summed E-state index contributed by atoms with van der Waals surface area (Å²) in [6.07, 6.45) is 55.7. The number of aliphatic hydroxyl groups is 8. The highest BCUT2D eigenvalue weighted by molar-refractivity contribution is 5.76. The molecule has 14 nitrogen and oxygen atoms in total. The quantitative estimate of drug-likeness (QED) is 0.0204. The Morgan fingerprint density at radius 2 is 0.812 bits per heavy atom. The Hall–Kier alpha value is -2.05. The Morgan fingerprint density at radius 3 is 1.25 bits per heavy atom. The van der Waals surface area contributed by atoms with E-state index in [0.29, 0.717) is 12.8 Å². The zero-order valence-electron chi connectivity index (χ0n) is 54.1. The van der Waals surface area contributed by atoms with Crippen LogP contribution in [0.4, 0.5) is 0 Å². The third-order valence-electron chi connectivity index (χ3n) is 17.3. The van der Waals surface area contributed by atoms with Crippen LogP contribution < -0.4 is 5.32 Å². The predicted molar refractivity (Wildman–Crippen MR) is 346 cm³/mol. The molecule has 12 unspecified atom stereocenters. The maximum absolute atomic E-state index is 13.3. The molecule has 14 heteroatoms. The van der Waals surface area contributed by atoms with E-state index in [1.807, 2.05) is 0 Å². The highest BCUT2D eigenvalue weighted by Gasteiger charge is 2.51. The molecule has 0 bridgehead atoms. The van der Waals surface area contributed by atoms with Crippen molar-refractivity contribution in [1.29, 1.82) is 0 Å². The molecule has 0 aromatic carbocycles. The molecular formula is C71H131NO13. The monoisotopic (exact) mass is 1210 g/mol. The number of ether oxygens (including phenoxy) is 4. The standard InChI is InChI=1S/C71H131NO13/c1-3-5-7-9-11-13-15-17-19-21-23-24-25-26-27-28-29-30-31-32-33-34-35-37-38-40-42-44-46-48-50-52-54-60(75)59(72-63(76)55-53-51-49-47-45-43-41-39-36-22-20-18-16-14-12-10-8-6-4-2)58-82-70-68(81)66(79)69(62(57-74)84-70)85-71-67(80)65(78)64(77)61(56-73)83-71/h6,8,12,14,18,20,36,39,59-62,64-71,73-75,77-81H,3-5,7,9-11,13,15-17,19,21-35,37-38,40-58H2,1-2H3,(H,72,76)/b8-6-,14-12-,20-18-,39-36-. The van der Waals surface area contributed by atoms with Crippen molar-refractivity contribution in [2.24, 2.45) is 0 Å². The number of carbonyl (C=O) groups is 1. The topological polar surface area (TPSA) is 228 Å². The molecule has 2 aliphatic heterocycles. The normalized spacial score (nSPS) is 23.8. The number of rotatable bonds is 58. The number of hydrogen-bond acceptors (Lipinski definition) is 13. The van der Waals surface area contributed by atoms with Crippen LogP contribution in [0.25, 0.3) is 0 Å². The summed E-state index contributed by atoms with van der Waals surface area (Å²) in [5.41, 5.74) is 0. The van der Waals surface area contributed by atoms with Crippen LogP contribution >= 0.6 is 0 Å². The lowest BCUT2D eigenvalue weighted by Crippen LogP contribution is -2.65. The molecule has 9 N–H and O–H groups in total. The van der Waals surface area contributed by atoms with E-state index in [1.54, 1.807) is 0 Å². The van der Waals surface area contributed by atoms with Gasteiger partial charge in [0, 0.05) is 6.42 Å². The molecule has 2 rings (SSSR count). The Morgan fingerprint density at radius 1 is 0.435 bits per heavy atom. The number of unbranched alkanes of at least 4 members (excludes halogenated alkanes) is 37. The number of hydrogen-bond donors (Lipinski definition) is 9. The van der Waals surface area contributed by atoms with Crippen molar-refractivity contribution in [3.05, 3.63) is 48.6 Å². The Balaban J connectivity index is 1.64. The summed E-state index contributed by atoms with van der Waals surface area (Å²) in [7, 11) is 0. The molecule has 2 aliphatic rings. The third kappa shape index (κ3) is 40.3. The van der Waals surface area contributed by atoms with Crippen LogP contribution in [-0.4, -0.2) is 140 Å². The van der Waals surface area contributed by atoms with Crippen LogP contribution in [0.5, 0.6) is 0 Å². The van der Waals surface area contributed by atoms with Crippen LogP contribution in [0.2, 0.25) is 0 Å². The fourth-order valence-corrected chi connectivity index (χ4v) is 11.7. The first-order valence-electron chi connectivity index (χ1n) is 35.4. The Kier molecular flexibility index (Phi) is 52.1. The van der Waals surface area contributed by atoms with Gasteiger partial charge in [-0.15, -0.1) is 0 Å². The van der Waals surface area contributed by atoms with Crippen molar-refractivity contribution in [2.45, 2.75) is 376 Å². The van der Waals surface area contributed by atoms with E-state index < -0.39 is 86.8 Å². The maximum Gasteiger partial charge on any atom is 0.220 e. The Bertz CT molecular complexity index is 1610. The molecule has 0 aromatic rings. The number of amides is 1. The molecule has 0 spiro atoms. The minimum Gasteiger partial charge on any atom is -0.394 e. The summed E-state index contributed by atoms with van der Waals surface area (Å²) < 4.78 is 22.9. The van der Waals surface area contributed by atoms with Crippen molar-refractivity contribution in [2.75, 3.05) is 19.8 Å². The zero-order chi connectivity index (χ0) is 61.6. The minimum atomic E-state index is -1.79. The van der Waals surface area contributed by atoms with E-state index in [0.717, 1.165) is 89.9 Å². The van der Waals surface area contributed by atoms with E-state index in [1.165, 1.54) is 180 Å². The first-order valence-corrected chi connectivity index (χ1v) is 35.4. The number of aliphatic hydroxyl groups excluding tert-OH is 8.